The summed E-state index contributed by atoms with van der Waals surface area (Å²) >= 11 is 5.00. The van der Waals surface area contributed by atoms with Gasteiger partial charge in [-0.3, -0.25) is 9.69 Å². The van der Waals surface area contributed by atoms with Crippen LogP contribution in [-0.2, 0) is 11.3 Å². The summed E-state index contributed by atoms with van der Waals surface area (Å²) in [6.45, 7) is 0.558. The Hall–Kier alpha value is -1.33. The summed E-state index contributed by atoms with van der Waals surface area (Å²) < 4.78 is 1.02. The van der Waals surface area contributed by atoms with Gasteiger partial charge in [-0.1, -0.05) is 28.1 Å². The monoisotopic (exact) mass is 334 g/mol. The largest absolute Gasteiger partial charge is 0.291 e. The Morgan fingerprint density at radius 2 is 2.21 bits per heavy atom. The second-order valence-corrected chi connectivity index (χ2v) is 6.16. The van der Waals surface area contributed by atoms with Crippen molar-refractivity contribution in [1.82, 2.24) is 4.98 Å². The fourth-order valence-electron chi connectivity index (χ4n) is 2.01. The molecular weight excluding hydrogens is 324 g/mol. The average Bonchev–Trinajstić information content (AvgIpc) is 2.42. The SMILES string of the molecule is O=C1CSc2cccnc2N1Cc1cccc(Br)c1. The molecule has 0 saturated heterocycles. The first-order valence-electron chi connectivity index (χ1n) is 5.86. The molecule has 0 N–H and O–H groups in total. The Labute approximate surface area is 124 Å². The molecular formula is C14H11BrN2OS. The molecule has 0 saturated carbocycles. The molecule has 2 heterocycles. The van der Waals surface area contributed by atoms with Crippen molar-refractivity contribution in [2.75, 3.05) is 10.7 Å². The van der Waals surface area contributed by atoms with Crippen LogP contribution in [0.1, 0.15) is 5.56 Å². The highest BCUT2D eigenvalue weighted by Gasteiger charge is 2.25. The topological polar surface area (TPSA) is 33.2 Å². The minimum atomic E-state index is 0.108. The van der Waals surface area contributed by atoms with Crippen molar-refractivity contribution in [3.63, 3.8) is 0 Å². The van der Waals surface area contributed by atoms with Gasteiger partial charge >= 0.3 is 0 Å². The van der Waals surface area contributed by atoms with Crippen LogP contribution in [0.3, 0.4) is 0 Å². The molecule has 0 spiro atoms. The van der Waals surface area contributed by atoms with Crippen LogP contribution < -0.4 is 4.90 Å². The van der Waals surface area contributed by atoms with E-state index in [1.165, 1.54) is 0 Å². The fraction of sp³-hybridized carbons (Fsp3) is 0.143. The first-order chi connectivity index (χ1) is 9.24. The van der Waals surface area contributed by atoms with Crippen molar-refractivity contribution in [3.8, 4) is 0 Å². The minimum absolute atomic E-state index is 0.108. The third-order valence-electron chi connectivity index (χ3n) is 2.89. The minimum Gasteiger partial charge on any atom is -0.291 e. The quantitative estimate of drug-likeness (QED) is 0.842. The maximum Gasteiger partial charge on any atom is 0.238 e. The van der Waals surface area contributed by atoms with Crippen molar-refractivity contribution in [2.45, 2.75) is 11.4 Å². The molecule has 0 atom stereocenters. The van der Waals surface area contributed by atoms with E-state index in [9.17, 15) is 4.79 Å². The summed E-state index contributed by atoms with van der Waals surface area (Å²) in [5, 5.41) is 0. The highest BCUT2D eigenvalue weighted by molar-refractivity contribution is 9.10. The van der Waals surface area contributed by atoms with Gasteiger partial charge in [0.05, 0.1) is 17.2 Å². The first kappa shape index (κ1) is 12.7. The molecule has 3 rings (SSSR count). The average molecular weight is 335 g/mol. The summed E-state index contributed by atoms with van der Waals surface area (Å²) in [7, 11) is 0. The maximum absolute atomic E-state index is 12.1. The number of fused-ring (bicyclic) bond motifs is 1. The van der Waals surface area contributed by atoms with Gasteiger partial charge in [0.2, 0.25) is 5.91 Å². The molecule has 0 unspecified atom stereocenters. The molecule has 1 aromatic heterocycles. The number of anilines is 1. The van der Waals surface area contributed by atoms with Gasteiger partial charge in [0.15, 0.2) is 0 Å². The molecule has 1 aliphatic rings. The highest BCUT2D eigenvalue weighted by Crippen LogP contribution is 2.34. The van der Waals surface area contributed by atoms with Gasteiger partial charge in [-0.25, -0.2) is 4.98 Å². The predicted molar refractivity (Wildman–Crippen MR) is 80.3 cm³/mol. The normalized spacial score (nSPS) is 14.4. The highest BCUT2D eigenvalue weighted by atomic mass is 79.9. The van der Waals surface area contributed by atoms with E-state index in [2.05, 4.69) is 20.9 Å². The summed E-state index contributed by atoms with van der Waals surface area (Å²) in [6, 6.07) is 11.9. The number of carbonyl (C=O) groups excluding carboxylic acids is 1. The summed E-state index contributed by atoms with van der Waals surface area (Å²) in [4.78, 5) is 19.3. The van der Waals surface area contributed by atoms with Crippen LogP contribution >= 0.6 is 27.7 Å². The van der Waals surface area contributed by atoms with Crippen molar-refractivity contribution in [1.29, 1.82) is 0 Å². The molecule has 0 radical (unpaired) electrons. The molecule has 2 aromatic rings. The molecule has 1 aliphatic heterocycles. The standard InChI is InChI=1S/C14H11BrN2OS/c15-11-4-1-3-10(7-11)8-17-13(18)9-19-12-5-2-6-16-14(12)17/h1-7H,8-9H2. The van der Waals surface area contributed by atoms with Crippen LogP contribution in [0, 0.1) is 0 Å². The van der Waals surface area contributed by atoms with E-state index in [4.69, 9.17) is 0 Å². The summed E-state index contributed by atoms with van der Waals surface area (Å²) in [5.74, 6) is 1.35. The molecule has 3 nitrogen and oxygen atoms in total. The Morgan fingerprint density at radius 1 is 1.32 bits per heavy atom. The zero-order valence-corrected chi connectivity index (χ0v) is 12.4. The van der Waals surface area contributed by atoms with Crippen LogP contribution in [0.25, 0.3) is 0 Å². The predicted octanol–water partition coefficient (Wildman–Crippen LogP) is 3.48. The first-order valence-corrected chi connectivity index (χ1v) is 7.64. The van der Waals surface area contributed by atoms with Gasteiger partial charge in [0.1, 0.15) is 5.82 Å². The molecule has 1 aromatic carbocycles. The zero-order chi connectivity index (χ0) is 13.2. The lowest BCUT2D eigenvalue weighted by Gasteiger charge is -2.27. The van der Waals surface area contributed by atoms with Crippen LogP contribution in [0.15, 0.2) is 52.0 Å². The number of hydrogen-bond acceptors (Lipinski definition) is 3. The number of benzene rings is 1. The van der Waals surface area contributed by atoms with E-state index in [1.54, 1.807) is 22.9 Å². The number of thioether (sulfide) groups is 1. The van der Waals surface area contributed by atoms with E-state index in [0.717, 1.165) is 20.7 Å². The van der Waals surface area contributed by atoms with E-state index < -0.39 is 0 Å². The van der Waals surface area contributed by atoms with E-state index in [1.807, 2.05) is 36.4 Å². The molecule has 0 fully saturated rings. The third kappa shape index (κ3) is 2.67. The van der Waals surface area contributed by atoms with E-state index in [0.29, 0.717) is 12.3 Å². The second-order valence-electron chi connectivity index (χ2n) is 4.22. The van der Waals surface area contributed by atoms with Gasteiger partial charge in [-0.05, 0) is 29.8 Å². The fourth-order valence-corrected chi connectivity index (χ4v) is 3.36. The zero-order valence-electron chi connectivity index (χ0n) is 10.0. The number of hydrogen-bond donors (Lipinski definition) is 0. The maximum atomic E-state index is 12.1. The number of carbonyl (C=O) groups is 1. The number of amides is 1. The lowest BCUT2D eigenvalue weighted by Crippen LogP contribution is -2.35. The Morgan fingerprint density at radius 3 is 3.05 bits per heavy atom. The molecule has 0 bridgehead atoms. The number of aromatic nitrogens is 1. The van der Waals surface area contributed by atoms with Gasteiger partial charge in [0, 0.05) is 10.7 Å². The van der Waals surface area contributed by atoms with Crippen LogP contribution in [0.5, 0.6) is 0 Å². The Balaban J connectivity index is 1.94. The van der Waals surface area contributed by atoms with Crippen molar-refractivity contribution in [3.05, 3.63) is 52.6 Å². The Kier molecular flexibility index (Phi) is 3.57. The van der Waals surface area contributed by atoms with Gasteiger partial charge < -0.3 is 0 Å². The Bertz CT molecular complexity index is 632. The smallest absolute Gasteiger partial charge is 0.238 e. The number of pyridine rings is 1. The third-order valence-corrected chi connectivity index (χ3v) is 4.40. The van der Waals surface area contributed by atoms with Gasteiger partial charge in [0.25, 0.3) is 0 Å². The molecule has 0 aliphatic carbocycles. The van der Waals surface area contributed by atoms with Crippen LogP contribution in [0.2, 0.25) is 0 Å². The lowest BCUT2D eigenvalue weighted by molar-refractivity contribution is -0.116. The second kappa shape index (κ2) is 5.35. The van der Waals surface area contributed by atoms with Gasteiger partial charge in [-0.15, -0.1) is 11.8 Å². The van der Waals surface area contributed by atoms with E-state index >= 15 is 0 Å². The number of rotatable bonds is 2. The number of nitrogens with zero attached hydrogens (tertiary/aromatic N) is 2. The molecule has 5 heteroatoms. The summed E-state index contributed by atoms with van der Waals surface area (Å²) in [6.07, 6.45) is 1.73. The van der Waals surface area contributed by atoms with Crippen LogP contribution in [0.4, 0.5) is 5.82 Å². The van der Waals surface area contributed by atoms with Crippen molar-refractivity contribution >= 4 is 39.4 Å². The lowest BCUT2D eigenvalue weighted by atomic mass is 10.2. The van der Waals surface area contributed by atoms with E-state index in [-0.39, 0.29) is 5.91 Å². The molecule has 19 heavy (non-hydrogen) atoms. The van der Waals surface area contributed by atoms with Crippen molar-refractivity contribution < 1.29 is 4.79 Å². The molecule has 96 valence electrons. The summed E-state index contributed by atoms with van der Waals surface area (Å²) in [5.41, 5.74) is 1.09. The van der Waals surface area contributed by atoms with Crippen LogP contribution in [-0.4, -0.2) is 16.6 Å². The van der Waals surface area contributed by atoms with Crippen molar-refractivity contribution in [2.24, 2.45) is 0 Å². The number of halogens is 1. The van der Waals surface area contributed by atoms with Gasteiger partial charge in [-0.2, -0.15) is 0 Å². The molecule has 1 amide bonds.